The summed E-state index contributed by atoms with van der Waals surface area (Å²) in [5.74, 6) is -0.802. The minimum atomic E-state index is -0.504. The summed E-state index contributed by atoms with van der Waals surface area (Å²) < 4.78 is 14.6. The number of nitrogens with zero attached hydrogens (tertiary/aromatic N) is 3. The predicted octanol–water partition coefficient (Wildman–Crippen LogP) is 0.0957. The van der Waals surface area contributed by atoms with Crippen LogP contribution >= 0.6 is 0 Å². The maximum absolute atomic E-state index is 14.6. The lowest BCUT2D eigenvalue weighted by Crippen LogP contribution is -2.49. The zero-order valence-corrected chi connectivity index (χ0v) is 15.2. The van der Waals surface area contributed by atoms with Crippen LogP contribution in [-0.4, -0.2) is 73.0 Å². The lowest BCUT2D eigenvalue weighted by Gasteiger charge is -2.36. The Hall–Kier alpha value is -2.68. The van der Waals surface area contributed by atoms with Gasteiger partial charge in [0.15, 0.2) is 0 Å². The van der Waals surface area contributed by atoms with Gasteiger partial charge in [0.05, 0.1) is 17.9 Å². The number of piperazine rings is 1. The first-order valence-corrected chi connectivity index (χ1v) is 8.88. The molecular weight excluding hydrogens is 355 g/mol. The largest absolute Gasteiger partial charge is 0.390 e. The molecule has 1 aromatic carbocycles. The van der Waals surface area contributed by atoms with Gasteiger partial charge in [-0.15, -0.1) is 0 Å². The minimum Gasteiger partial charge on any atom is -0.390 e. The SMILES string of the molecule is CC(=O)NC[C@H]1CC(c2ccc(N3CCN(C(=O)CO)CC3)c(F)c2)=NO1. The van der Waals surface area contributed by atoms with Gasteiger partial charge in [0.25, 0.3) is 0 Å². The van der Waals surface area contributed by atoms with Crippen molar-refractivity contribution >= 4 is 23.2 Å². The third-order valence-corrected chi connectivity index (χ3v) is 4.70. The Balaban J connectivity index is 1.60. The van der Waals surface area contributed by atoms with Crippen molar-refractivity contribution in [1.29, 1.82) is 0 Å². The van der Waals surface area contributed by atoms with E-state index in [1.807, 2.05) is 4.90 Å². The fourth-order valence-corrected chi connectivity index (χ4v) is 3.21. The first-order valence-electron chi connectivity index (χ1n) is 8.88. The third kappa shape index (κ3) is 4.54. The van der Waals surface area contributed by atoms with E-state index in [0.717, 1.165) is 0 Å². The molecule has 1 aromatic rings. The number of oxime groups is 1. The maximum atomic E-state index is 14.6. The molecule has 0 radical (unpaired) electrons. The molecule has 146 valence electrons. The molecule has 0 aromatic heterocycles. The van der Waals surface area contributed by atoms with E-state index in [2.05, 4.69) is 10.5 Å². The maximum Gasteiger partial charge on any atom is 0.248 e. The number of anilines is 1. The van der Waals surface area contributed by atoms with Gasteiger partial charge >= 0.3 is 0 Å². The summed E-state index contributed by atoms with van der Waals surface area (Å²) in [4.78, 5) is 31.2. The molecule has 1 saturated heterocycles. The van der Waals surface area contributed by atoms with Gasteiger partial charge in [0.2, 0.25) is 11.8 Å². The molecule has 2 amide bonds. The van der Waals surface area contributed by atoms with E-state index in [0.29, 0.717) is 56.1 Å². The van der Waals surface area contributed by atoms with Crippen molar-refractivity contribution in [3.63, 3.8) is 0 Å². The molecule has 0 bridgehead atoms. The highest BCUT2D eigenvalue weighted by molar-refractivity contribution is 6.01. The van der Waals surface area contributed by atoms with Gasteiger partial charge in [0, 0.05) is 45.1 Å². The minimum absolute atomic E-state index is 0.136. The number of hydrogen-bond acceptors (Lipinski definition) is 6. The zero-order valence-electron chi connectivity index (χ0n) is 15.2. The zero-order chi connectivity index (χ0) is 19.4. The molecule has 2 aliphatic rings. The van der Waals surface area contributed by atoms with Gasteiger partial charge < -0.3 is 25.1 Å². The topological polar surface area (TPSA) is 94.5 Å². The number of hydrogen-bond donors (Lipinski definition) is 2. The van der Waals surface area contributed by atoms with E-state index in [9.17, 15) is 14.0 Å². The summed E-state index contributed by atoms with van der Waals surface area (Å²) in [7, 11) is 0. The molecule has 0 aliphatic carbocycles. The number of aliphatic hydroxyl groups is 1. The molecule has 27 heavy (non-hydrogen) atoms. The molecule has 9 heteroatoms. The standard InChI is InChI=1S/C18H23FN4O4/c1-12(25)20-10-14-9-16(21-27-14)13-2-3-17(15(19)8-13)22-4-6-23(7-5-22)18(26)11-24/h2-3,8,14,24H,4-7,9-11H2,1H3,(H,20,25)/t14-/m1/s1. The first-order chi connectivity index (χ1) is 13.0. The molecule has 0 spiro atoms. The molecule has 2 heterocycles. The van der Waals surface area contributed by atoms with E-state index < -0.39 is 6.61 Å². The Bertz CT molecular complexity index is 747. The molecule has 8 nitrogen and oxygen atoms in total. The molecular formula is C18H23FN4O4. The fraction of sp³-hybridized carbons (Fsp3) is 0.500. The second-order valence-electron chi connectivity index (χ2n) is 6.60. The van der Waals surface area contributed by atoms with Crippen LogP contribution in [0.15, 0.2) is 23.4 Å². The van der Waals surface area contributed by atoms with Crippen molar-refractivity contribution in [1.82, 2.24) is 10.2 Å². The molecule has 0 unspecified atom stereocenters. The van der Waals surface area contributed by atoms with Crippen LogP contribution in [0.2, 0.25) is 0 Å². The molecule has 2 N–H and O–H groups in total. The van der Waals surface area contributed by atoms with Crippen LogP contribution < -0.4 is 10.2 Å². The molecule has 1 fully saturated rings. The number of amides is 2. The van der Waals surface area contributed by atoms with Crippen molar-refractivity contribution in [3.05, 3.63) is 29.6 Å². The van der Waals surface area contributed by atoms with E-state index in [4.69, 9.17) is 9.94 Å². The highest BCUT2D eigenvalue weighted by atomic mass is 19.1. The smallest absolute Gasteiger partial charge is 0.248 e. The fourth-order valence-electron chi connectivity index (χ4n) is 3.21. The van der Waals surface area contributed by atoms with E-state index in [1.54, 1.807) is 17.0 Å². The van der Waals surface area contributed by atoms with Gasteiger partial charge in [0.1, 0.15) is 18.5 Å². The van der Waals surface area contributed by atoms with Crippen molar-refractivity contribution in [2.24, 2.45) is 5.16 Å². The molecule has 3 rings (SSSR count). The second kappa shape index (κ2) is 8.34. The van der Waals surface area contributed by atoms with Gasteiger partial charge in [-0.3, -0.25) is 9.59 Å². The van der Waals surface area contributed by atoms with Gasteiger partial charge in [-0.1, -0.05) is 11.2 Å². The van der Waals surface area contributed by atoms with Crippen molar-refractivity contribution in [2.45, 2.75) is 19.4 Å². The van der Waals surface area contributed by atoms with Crippen molar-refractivity contribution < 1.29 is 23.9 Å². The Morgan fingerprint density at radius 2 is 2.07 bits per heavy atom. The Labute approximate surface area is 156 Å². The van der Waals surface area contributed by atoms with Crippen LogP contribution in [0.25, 0.3) is 0 Å². The summed E-state index contributed by atoms with van der Waals surface area (Å²) >= 11 is 0. The average Bonchev–Trinajstić information content (AvgIpc) is 3.15. The monoisotopic (exact) mass is 378 g/mol. The van der Waals surface area contributed by atoms with Crippen LogP contribution in [0, 0.1) is 5.82 Å². The normalized spacial score (nSPS) is 19.5. The number of aliphatic hydroxyl groups excluding tert-OH is 1. The predicted molar refractivity (Wildman–Crippen MR) is 97.0 cm³/mol. The Kier molecular flexibility index (Phi) is 5.90. The number of carbonyl (C=O) groups excluding carboxylic acids is 2. The van der Waals surface area contributed by atoms with E-state index in [-0.39, 0.29) is 23.7 Å². The van der Waals surface area contributed by atoms with Crippen molar-refractivity contribution in [2.75, 3.05) is 44.2 Å². The summed E-state index contributed by atoms with van der Waals surface area (Å²) in [6.07, 6.45) is 0.255. The molecule has 1 atom stereocenters. The Morgan fingerprint density at radius 3 is 2.70 bits per heavy atom. The highest BCUT2D eigenvalue weighted by Gasteiger charge is 2.25. The third-order valence-electron chi connectivity index (χ3n) is 4.70. The average molecular weight is 378 g/mol. The van der Waals surface area contributed by atoms with E-state index >= 15 is 0 Å². The van der Waals surface area contributed by atoms with Crippen LogP contribution in [-0.2, 0) is 14.4 Å². The molecule has 0 saturated carbocycles. The van der Waals surface area contributed by atoms with Crippen LogP contribution in [0.5, 0.6) is 0 Å². The quantitative estimate of drug-likeness (QED) is 0.758. The summed E-state index contributed by atoms with van der Waals surface area (Å²) in [6, 6.07) is 4.94. The van der Waals surface area contributed by atoms with Crippen LogP contribution in [0.3, 0.4) is 0 Å². The summed E-state index contributed by atoms with van der Waals surface area (Å²) in [5.41, 5.74) is 1.77. The van der Waals surface area contributed by atoms with Gasteiger partial charge in [-0.25, -0.2) is 4.39 Å². The highest BCUT2D eigenvalue weighted by Crippen LogP contribution is 2.24. The molecule has 2 aliphatic heterocycles. The van der Waals surface area contributed by atoms with Gasteiger partial charge in [-0.05, 0) is 12.1 Å². The van der Waals surface area contributed by atoms with Crippen molar-refractivity contribution in [3.8, 4) is 0 Å². The Morgan fingerprint density at radius 1 is 1.33 bits per heavy atom. The second-order valence-corrected chi connectivity index (χ2v) is 6.60. The number of nitrogens with one attached hydrogen (secondary N) is 1. The number of rotatable bonds is 5. The van der Waals surface area contributed by atoms with Crippen LogP contribution in [0.4, 0.5) is 10.1 Å². The van der Waals surface area contributed by atoms with Gasteiger partial charge in [-0.2, -0.15) is 0 Å². The number of carbonyl (C=O) groups is 2. The van der Waals surface area contributed by atoms with Crippen LogP contribution in [0.1, 0.15) is 18.9 Å². The summed E-state index contributed by atoms with van der Waals surface area (Å²) in [6.45, 7) is 3.20. The lowest BCUT2D eigenvalue weighted by molar-refractivity contribution is -0.134. The summed E-state index contributed by atoms with van der Waals surface area (Å²) in [5, 5.41) is 15.6. The first kappa shape index (κ1) is 19.1. The number of benzene rings is 1. The van der Waals surface area contributed by atoms with E-state index in [1.165, 1.54) is 13.0 Å². The lowest BCUT2D eigenvalue weighted by atomic mass is 10.0. The number of halogens is 1.